The molecule has 0 amide bonds. The average Bonchev–Trinajstić information content (AvgIpc) is 2.74. The minimum atomic E-state index is -3.62. The van der Waals surface area contributed by atoms with Crippen molar-refractivity contribution < 1.29 is 8.42 Å². The van der Waals surface area contributed by atoms with Crippen molar-refractivity contribution in [1.29, 1.82) is 0 Å². The van der Waals surface area contributed by atoms with Gasteiger partial charge in [-0.25, -0.2) is 8.42 Å². The number of nitrogens with one attached hydrogen (secondary N) is 1. The molecule has 1 fully saturated rings. The Balaban J connectivity index is 2.27. The van der Waals surface area contributed by atoms with Gasteiger partial charge < -0.3 is 4.90 Å². The molecule has 0 aromatic carbocycles. The lowest BCUT2D eigenvalue weighted by Gasteiger charge is -2.48. The van der Waals surface area contributed by atoms with Crippen molar-refractivity contribution in [2.24, 2.45) is 0 Å². The molecule has 8 heteroatoms. The van der Waals surface area contributed by atoms with Crippen LogP contribution in [0.3, 0.4) is 0 Å². The van der Waals surface area contributed by atoms with Gasteiger partial charge in [-0.05, 0) is 40.3 Å². The highest BCUT2D eigenvalue weighted by atomic mass is 35.5. The lowest BCUT2D eigenvalue weighted by molar-refractivity contribution is 0.0455. The van der Waals surface area contributed by atoms with Crippen molar-refractivity contribution in [2.75, 3.05) is 27.7 Å². The molecule has 2 rings (SSSR count). The summed E-state index contributed by atoms with van der Waals surface area (Å²) in [5.41, 5.74) is 1.19. The zero-order chi connectivity index (χ0) is 15.8. The van der Waals surface area contributed by atoms with E-state index < -0.39 is 10.0 Å². The second kappa shape index (κ2) is 5.87. The van der Waals surface area contributed by atoms with Crippen LogP contribution in [0.15, 0.2) is 5.03 Å². The van der Waals surface area contributed by atoms with Gasteiger partial charge in [-0.1, -0.05) is 0 Å². The van der Waals surface area contributed by atoms with Crippen molar-refractivity contribution in [3.8, 4) is 0 Å². The SMILES string of the molecule is Cc1[nH]nc(S(=O)(=O)N(C)CC2(N(C)C)CCC2)c1CCl. The second-order valence-electron chi connectivity index (χ2n) is 6.00. The Bertz CT molecular complexity index is 608. The molecular weight excluding hydrogens is 312 g/mol. The fourth-order valence-electron chi connectivity index (χ4n) is 2.78. The molecule has 0 atom stereocenters. The smallest absolute Gasteiger partial charge is 0.262 e. The topological polar surface area (TPSA) is 69.3 Å². The Morgan fingerprint density at radius 1 is 1.33 bits per heavy atom. The summed E-state index contributed by atoms with van der Waals surface area (Å²) >= 11 is 5.86. The summed E-state index contributed by atoms with van der Waals surface area (Å²) < 4.78 is 26.9. The van der Waals surface area contributed by atoms with E-state index in [2.05, 4.69) is 15.1 Å². The van der Waals surface area contributed by atoms with Crippen LogP contribution in [0.1, 0.15) is 30.5 Å². The fraction of sp³-hybridized carbons (Fsp3) is 0.769. The molecular formula is C13H23ClN4O2S. The largest absolute Gasteiger partial charge is 0.302 e. The summed E-state index contributed by atoms with van der Waals surface area (Å²) in [7, 11) is 1.99. The number of hydrogen-bond acceptors (Lipinski definition) is 4. The minimum Gasteiger partial charge on any atom is -0.302 e. The molecule has 1 N–H and O–H groups in total. The van der Waals surface area contributed by atoms with Gasteiger partial charge in [0.15, 0.2) is 5.03 Å². The van der Waals surface area contributed by atoms with Crippen LogP contribution < -0.4 is 0 Å². The zero-order valence-electron chi connectivity index (χ0n) is 13.0. The Morgan fingerprint density at radius 3 is 2.38 bits per heavy atom. The Labute approximate surface area is 131 Å². The third-order valence-corrected chi connectivity index (χ3v) is 6.62. The summed E-state index contributed by atoms with van der Waals surface area (Å²) in [6.07, 6.45) is 3.17. The van der Waals surface area contributed by atoms with E-state index in [-0.39, 0.29) is 16.4 Å². The maximum Gasteiger partial charge on any atom is 0.262 e. The molecule has 0 saturated heterocycles. The van der Waals surface area contributed by atoms with Gasteiger partial charge in [0.25, 0.3) is 10.0 Å². The van der Waals surface area contributed by atoms with Gasteiger partial charge in [0.05, 0.1) is 5.88 Å². The molecule has 0 spiro atoms. The Hall–Kier alpha value is -0.630. The first kappa shape index (κ1) is 16.7. The second-order valence-corrected chi connectivity index (χ2v) is 8.23. The third kappa shape index (κ3) is 2.84. The number of hydrogen-bond donors (Lipinski definition) is 1. The van der Waals surface area contributed by atoms with Gasteiger partial charge in [-0.2, -0.15) is 9.40 Å². The van der Waals surface area contributed by atoms with E-state index in [1.54, 1.807) is 14.0 Å². The van der Waals surface area contributed by atoms with Crippen LogP contribution in [0.25, 0.3) is 0 Å². The van der Waals surface area contributed by atoms with E-state index in [9.17, 15) is 8.42 Å². The van der Waals surface area contributed by atoms with Gasteiger partial charge in [0.2, 0.25) is 0 Å². The number of rotatable bonds is 6. The molecule has 1 heterocycles. The molecule has 21 heavy (non-hydrogen) atoms. The van der Waals surface area contributed by atoms with E-state index in [4.69, 9.17) is 11.6 Å². The molecule has 0 aliphatic heterocycles. The van der Waals surface area contributed by atoms with Gasteiger partial charge in [-0.3, -0.25) is 5.10 Å². The highest BCUT2D eigenvalue weighted by Gasteiger charge is 2.42. The molecule has 0 bridgehead atoms. The van der Waals surface area contributed by atoms with E-state index in [1.807, 2.05) is 14.1 Å². The lowest BCUT2D eigenvalue weighted by atomic mass is 9.75. The van der Waals surface area contributed by atoms with Crippen molar-refractivity contribution in [1.82, 2.24) is 19.4 Å². The molecule has 0 unspecified atom stereocenters. The normalized spacial score (nSPS) is 18.2. The van der Waals surface area contributed by atoms with Crippen LogP contribution in [0.4, 0.5) is 0 Å². The number of H-pyrrole nitrogens is 1. The number of halogens is 1. The number of sulfonamides is 1. The van der Waals surface area contributed by atoms with E-state index >= 15 is 0 Å². The van der Waals surface area contributed by atoms with Gasteiger partial charge in [0.1, 0.15) is 0 Å². The first-order chi connectivity index (χ1) is 9.74. The van der Waals surface area contributed by atoms with Gasteiger partial charge in [-0.15, -0.1) is 11.6 Å². The number of likely N-dealkylation sites (N-methyl/N-ethyl adjacent to an activating group) is 2. The van der Waals surface area contributed by atoms with Crippen molar-refractivity contribution in [2.45, 2.75) is 42.6 Å². The van der Waals surface area contributed by atoms with Gasteiger partial charge >= 0.3 is 0 Å². The summed E-state index contributed by atoms with van der Waals surface area (Å²) in [4.78, 5) is 2.13. The summed E-state index contributed by atoms with van der Waals surface area (Å²) in [6.45, 7) is 2.24. The lowest BCUT2D eigenvalue weighted by Crippen LogP contribution is -2.57. The monoisotopic (exact) mass is 334 g/mol. The van der Waals surface area contributed by atoms with Crippen molar-refractivity contribution in [3.05, 3.63) is 11.3 Å². The summed E-state index contributed by atoms with van der Waals surface area (Å²) in [5.74, 6) is 0.129. The number of aromatic amines is 1. The molecule has 0 radical (unpaired) electrons. The van der Waals surface area contributed by atoms with Crippen molar-refractivity contribution in [3.63, 3.8) is 0 Å². The summed E-state index contributed by atoms with van der Waals surface area (Å²) in [6, 6.07) is 0. The zero-order valence-corrected chi connectivity index (χ0v) is 14.6. The predicted molar refractivity (Wildman–Crippen MR) is 83.0 cm³/mol. The van der Waals surface area contributed by atoms with E-state index in [1.165, 1.54) is 4.31 Å². The first-order valence-electron chi connectivity index (χ1n) is 6.98. The molecule has 1 saturated carbocycles. The van der Waals surface area contributed by atoms with E-state index in [0.29, 0.717) is 17.8 Å². The number of nitrogens with zero attached hydrogens (tertiary/aromatic N) is 3. The molecule has 6 nitrogen and oxygen atoms in total. The number of alkyl halides is 1. The number of aryl methyl sites for hydroxylation is 1. The van der Waals surface area contributed by atoms with Crippen LogP contribution in [0.5, 0.6) is 0 Å². The highest BCUT2D eigenvalue weighted by molar-refractivity contribution is 7.89. The molecule has 1 aliphatic carbocycles. The quantitative estimate of drug-likeness (QED) is 0.802. The Morgan fingerprint density at radius 2 is 1.95 bits per heavy atom. The van der Waals surface area contributed by atoms with E-state index in [0.717, 1.165) is 19.3 Å². The maximum atomic E-state index is 12.7. The third-order valence-electron chi connectivity index (χ3n) is 4.57. The van der Waals surface area contributed by atoms with Crippen LogP contribution in [-0.4, -0.2) is 61.0 Å². The van der Waals surface area contributed by atoms with Crippen molar-refractivity contribution >= 4 is 21.6 Å². The minimum absolute atomic E-state index is 0.0470. The van der Waals surface area contributed by atoms with Crippen LogP contribution >= 0.6 is 11.6 Å². The molecule has 120 valence electrons. The highest BCUT2D eigenvalue weighted by Crippen LogP contribution is 2.37. The maximum absolute atomic E-state index is 12.7. The Kier molecular flexibility index (Phi) is 4.68. The average molecular weight is 335 g/mol. The number of aromatic nitrogens is 2. The van der Waals surface area contributed by atoms with Gasteiger partial charge in [0, 0.05) is 30.4 Å². The van der Waals surface area contributed by atoms with Crippen LogP contribution in [0, 0.1) is 6.92 Å². The van der Waals surface area contributed by atoms with Crippen LogP contribution in [-0.2, 0) is 15.9 Å². The standard InChI is InChI=1S/C13H23ClN4O2S/c1-10-11(8-14)12(16-15-10)21(19,20)18(4)9-13(17(2)3)6-5-7-13/h5-9H2,1-4H3,(H,15,16). The van der Waals surface area contributed by atoms with Crippen LogP contribution in [0.2, 0.25) is 0 Å². The molecule has 1 aliphatic rings. The predicted octanol–water partition coefficient (Wildman–Crippen LogP) is 1.56. The fourth-order valence-corrected chi connectivity index (χ4v) is 4.59. The first-order valence-corrected chi connectivity index (χ1v) is 8.95. The summed E-state index contributed by atoms with van der Waals surface area (Å²) in [5, 5.41) is 6.70. The molecule has 1 aromatic rings. The molecule has 1 aromatic heterocycles.